The number of ether oxygens (including phenoxy) is 1. The smallest absolute Gasteiger partial charge is 0.297 e. The van der Waals surface area contributed by atoms with Crippen molar-refractivity contribution in [1.82, 2.24) is 9.36 Å². The number of aromatic hydroxyl groups is 1. The molecule has 1 aromatic heterocycles. The predicted octanol–water partition coefficient (Wildman–Crippen LogP) is 3.55. The standard InChI is InChI=1S/C19H18IN3O3/c1-12-17(19(25)23(22(12)2)14-7-5-4-6-8-14)21-11-13-9-15(20)18(24)16(10-13)26-3/h4-11,24H,1-3H3. The lowest BCUT2D eigenvalue weighted by Crippen LogP contribution is -2.19. The van der Waals surface area contributed by atoms with E-state index in [9.17, 15) is 9.90 Å². The second-order valence-electron chi connectivity index (χ2n) is 5.72. The number of benzene rings is 2. The maximum absolute atomic E-state index is 12.8. The van der Waals surface area contributed by atoms with Gasteiger partial charge in [-0.2, -0.15) is 0 Å². The molecule has 0 unspecified atom stereocenters. The molecule has 0 spiro atoms. The molecule has 0 fully saturated rings. The Morgan fingerprint density at radius 3 is 2.58 bits per heavy atom. The number of aliphatic imine (C=N–C) groups is 1. The summed E-state index contributed by atoms with van der Waals surface area (Å²) in [7, 11) is 3.32. The molecule has 134 valence electrons. The fraction of sp³-hybridized carbons (Fsp3) is 0.158. The van der Waals surface area contributed by atoms with Gasteiger partial charge in [-0.15, -0.1) is 0 Å². The van der Waals surface area contributed by atoms with Gasteiger partial charge in [0.2, 0.25) is 0 Å². The molecule has 1 N–H and O–H groups in total. The Balaban J connectivity index is 2.06. The molecule has 7 heteroatoms. The lowest BCUT2D eigenvalue weighted by Gasteiger charge is -2.07. The van der Waals surface area contributed by atoms with Crippen LogP contribution in [-0.4, -0.2) is 27.8 Å². The number of para-hydroxylation sites is 1. The van der Waals surface area contributed by atoms with Gasteiger partial charge in [0, 0.05) is 13.3 Å². The first kappa shape index (κ1) is 18.2. The maximum Gasteiger partial charge on any atom is 0.297 e. The molecule has 0 aliphatic heterocycles. The summed E-state index contributed by atoms with van der Waals surface area (Å²) >= 11 is 2.02. The summed E-state index contributed by atoms with van der Waals surface area (Å²) in [5.74, 6) is 0.456. The Hall–Kier alpha value is -2.55. The van der Waals surface area contributed by atoms with E-state index in [0.717, 1.165) is 16.9 Å². The zero-order valence-electron chi connectivity index (χ0n) is 14.6. The molecule has 3 rings (SSSR count). The second kappa shape index (κ2) is 7.36. The summed E-state index contributed by atoms with van der Waals surface area (Å²) in [6.45, 7) is 1.86. The van der Waals surface area contributed by atoms with Gasteiger partial charge in [0.25, 0.3) is 5.56 Å². The van der Waals surface area contributed by atoms with Crippen LogP contribution in [0, 0.1) is 10.5 Å². The highest BCUT2D eigenvalue weighted by atomic mass is 127. The fourth-order valence-corrected chi connectivity index (χ4v) is 3.29. The van der Waals surface area contributed by atoms with Crippen LogP contribution in [0.15, 0.2) is 52.3 Å². The summed E-state index contributed by atoms with van der Waals surface area (Å²) in [6, 6.07) is 12.9. The molecule has 0 aliphatic carbocycles. The Morgan fingerprint density at radius 2 is 1.92 bits per heavy atom. The van der Waals surface area contributed by atoms with Crippen LogP contribution in [0.5, 0.6) is 11.5 Å². The van der Waals surface area contributed by atoms with Crippen LogP contribution in [-0.2, 0) is 7.05 Å². The second-order valence-corrected chi connectivity index (χ2v) is 6.88. The Morgan fingerprint density at radius 1 is 1.23 bits per heavy atom. The van der Waals surface area contributed by atoms with Gasteiger partial charge in [0.15, 0.2) is 17.2 Å². The highest BCUT2D eigenvalue weighted by Gasteiger charge is 2.15. The van der Waals surface area contributed by atoms with Gasteiger partial charge in [-0.1, -0.05) is 18.2 Å². The third-order valence-corrected chi connectivity index (χ3v) is 4.96. The first-order chi connectivity index (χ1) is 12.4. The molecule has 3 aromatic rings. The van der Waals surface area contributed by atoms with E-state index < -0.39 is 0 Å². The van der Waals surface area contributed by atoms with Crippen molar-refractivity contribution in [2.75, 3.05) is 7.11 Å². The van der Waals surface area contributed by atoms with Crippen LogP contribution in [0.3, 0.4) is 0 Å². The van der Waals surface area contributed by atoms with E-state index >= 15 is 0 Å². The van der Waals surface area contributed by atoms with E-state index in [4.69, 9.17) is 4.74 Å². The lowest BCUT2D eigenvalue weighted by atomic mass is 10.2. The van der Waals surface area contributed by atoms with Crippen molar-refractivity contribution in [2.45, 2.75) is 6.92 Å². The minimum absolute atomic E-state index is 0.0903. The third kappa shape index (κ3) is 3.26. The average Bonchev–Trinajstić information content (AvgIpc) is 2.85. The molecule has 2 aromatic carbocycles. The van der Waals surface area contributed by atoms with Gasteiger partial charge in [-0.3, -0.25) is 9.48 Å². The average molecular weight is 463 g/mol. The van der Waals surface area contributed by atoms with Crippen molar-refractivity contribution in [3.05, 3.63) is 67.6 Å². The highest BCUT2D eigenvalue weighted by Crippen LogP contribution is 2.32. The molecule has 0 saturated carbocycles. The molecule has 0 bridgehead atoms. The van der Waals surface area contributed by atoms with E-state index in [-0.39, 0.29) is 11.3 Å². The number of methoxy groups -OCH3 is 1. The lowest BCUT2D eigenvalue weighted by molar-refractivity contribution is 0.371. The number of phenolic OH excluding ortho intramolecular Hbond substituents is 1. The Labute approximate surface area is 164 Å². The van der Waals surface area contributed by atoms with Crippen LogP contribution < -0.4 is 10.3 Å². The number of aromatic nitrogens is 2. The number of halogens is 1. The van der Waals surface area contributed by atoms with E-state index in [2.05, 4.69) is 4.99 Å². The summed E-state index contributed by atoms with van der Waals surface area (Å²) in [6.07, 6.45) is 1.60. The van der Waals surface area contributed by atoms with Gasteiger partial charge < -0.3 is 9.84 Å². The van der Waals surface area contributed by atoms with Crippen LogP contribution in [0.4, 0.5) is 5.69 Å². The van der Waals surface area contributed by atoms with Crippen LogP contribution in [0.25, 0.3) is 5.69 Å². The molecule has 1 heterocycles. The summed E-state index contributed by atoms with van der Waals surface area (Å²) in [4.78, 5) is 17.2. The number of nitrogens with zero attached hydrogens (tertiary/aromatic N) is 3. The summed E-state index contributed by atoms with van der Waals surface area (Å²) in [5.41, 5.74) is 2.46. The zero-order chi connectivity index (χ0) is 18.8. The van der Waals surface area contributed by atoms with Crippen molar-refractivity contribution >= 4 is 34.5 Å². The fourth-order valence-electron chi connectivity index (χ4n) is 2.67. The third-order valence-electron chi connectivity index (χ3n) is 4.14. The quantitative estimate of drug-likeness (QED) is 0.476. The molecule has 0 atom stereocenters. The number of rotatable bonds is 4. The first-order valence-electron chi connectivity index (χ1n) is 7.88. The van der Waals surface area contributed by atoms with Crippen LogP contribution in [0.2, 0.25) is 0 Å². The minimum Gasteiger partial charge on any atom is -0.504 e. The molecular weight excluding hydrogens is 445 g/mol. The number of hydrogen-bond donors (Lipinski definition) is 1. The monoisotopic (exact) mass is 463 g/mol. The van der Waals surface area contributed by atoms with Gasteiger partial charge in [0.1, 0.15) is 0 Å². The maximum atomic E-state index is 12.8. The largest absolute Gasteiger partial charge is 0.504 e. The van der Waals surface area contributed by atoms with Gasteiger partial charge in [-0.05, 0) is 59.3 Å². The zero-order valence-corrected chi connectivity index (χ0v) is 16.8. The Kier molecular flexibility index (Phi) is 5.17. The predicted molar refractivity (Wildman–Crippen MR) is 110 cm³/mol. The SMILES string of the molecule is COc1cc(C=Nc2c(C)n(C)n(-c3ccccc3)c2=O)cc(I)c1O. The van der Waals surface area contributed by atoms with Crippen molar-refractivity contribution in [1.29, 1.82) is 0 Å². The summed E-state index contributed by atoms with van der Waals surface area (Å²) in [5, 5.41) is 9.93. The molecule has 0 saturated heterocycles. The molecule has 6 nitrogen and oxygen atoms in total. The molecule has 0 aliphatic rings. The van der Waals surface area contributed by atoms with Crippen LogP contribution >= 0.6 is 22.6 Å². The van der Waals surface area contributed by atoms with E-state index in [1.807, 2.05) is 66.9 Å². The van der Waals surface area contributed by atoms with Crippen molar-refractivity contribution in [3.8, 4) is 17.2 Å². The van der Waals surface area contributed by atoms with Gasteiger partial charge in [-0.25, -0.2) is 9.67 Å². The van der Waals surface area contributed by atoms with Gasteiger partial charge in [0.05, 0.1) is 22.1 Å². The number of phenols is 1. The minimum atomic E-state index is -0.187. The number of hydrogen-bond acceptors (Lipinski definition) is 4. The Bertz CT molecular complexity index is 1040. The first-order valence-corrected chi connectivity index (χ1v) is 8.96. The van der Waals surface area contributed by atoms with Gasteiger partial charge >= 0.3 is 0 Å². The molecule has 0 amide bonds. The van der Waals surface area contributed by atoms with E-state index in [0.29, 0.717) is 15.0 Å². The molecule has 0 radical (unpaired) electrons. The van der Waals surface area contributed by atoms with Crippen molar-refractivity contribution < 1.29 is 9.84 Å². The topological polar surface area (TPSA) is 68.8 Å². The normalized spacial score (nSPS) is 11.2. The van der Waals surface area contributed by atoms with Crippen molar-refractivity contribution in [3.63, 3.8) is 0 Å². The highest BCUT2D eigenvalue weighted by molar-refractivity contribution is 14.1. The van der Waals surface area contributed by atoms with E-state index in [1.54, 1.807) is 27.7 Å². The van der Waals surface area contributed by atoms with Crippen molar-refractivity contribution in [2.24, 2.45) is 12.0 Å². The van der Waals surface area contributed by atoms with E-state index in [1.165, 1.54) is 7.11 Å². The molecular formula is C19H18IN3O3. The molecule has 26 heavy (non-hydrogen) atoms. The van der Waals surface area contributed by atoms with Crippen LogP contribution in [0.1, 0.15) is 11.3 Å². The summed E-state index contributed by atoms with van der Waals surface area (Å²) < 4.78 is 9.18.